The highest BCUT2D eigenvalue weighted by Gasteiger charge is 2.46. The Kier molecular flexibility index (Phi) is 3.03. The van der Waals surface area contributed by atoms with Crippen molar-refractivity contribution in [3.05, 3.63) is 0 Å². The van der Waals surface area contributed by atoms with Crippen molar-refractivity contribution in [1.29, 1.82) is 0 Å². The van der Waals surface area contributed by atoms with E-state index in [1.807, 2.05) is 0 Å². The molecule has 4 fully saturated rings. The molecule has 0 radical (unpaired) electrons. The molecule has 0 spiro atoms. The van der Waals surface area contributed by atoms with E-state index in [0.717, 1.165) is 25.7 Å². The number of hydrogen-bond donors (Lipinski definition) is 0. The highest BCUT2D eigenvalue weighted by Crippen LogP contribution is 2.41. The SMILES string of the molecule is O=C(OCCC1CCC2OC2C1)C1CCC2OC2C1. The van der Waals surface area contributed by atoms with Crippen LogP contribution >= 0.6 is 0 Å². The summed E-state index contributed by atoms with van der Waals surface area (Å²) in [6.45, 7) is 0.590. The summed E-state index contributed by atoms with van der Waals surface area (Å²) in [5.41, 5.74) is 0. The maximum atomic E-state index is 12.0. The first-order valence-corrected chi connectivity index (χ1v) is 7.77. The summed E-state index contributed by atoms with van der Waals surface area (Å²) in [6, 6.07) is 0. The molecule has 4 rings (SSSR count). The van der Waals surface area contributed by atoms with E-state index in [2.05, 4.69) is 0 Å². The van der Waals surface area contributed by atoms with E-state index in [-0.39, 0.29) is 11.9 Å². The summed E-state index contributed by atoms with van der Waals surface area (Å²) in [4.78, 5) is 12.0. The van der Waals surface area contributed by atoms with Crippen LogP contribution in [0.3, 0.4) is 0 Å². The van der Waals surface area contributed by atoms with Gasteiger partial charge in [-0.15, -0.1) is 0 Å². The Morgan fingerprint density at radius 3 is 2.42 bits per heavy atom. The topological polar surface area (TPSA) is 51.4 Å². The zero-order valence-electron chi connectivity index (χ0n) is 11.3. The molecular formula is C15H22O4. The Morgan fingerprint density at radius 2 is 1.68 bits per heavy atom. The smallest absolute Gasteiger partial charge is 0.309 e. The van der Waals surface area contributed by atoms with Gasteiger partial charge in [-0.1, -0.05) is 0 Å². The molecule has 2 heterocycles. The summed E-state index contributed by atoms with van der Waals surface area (Å²) in [6.07, 6.45) is 9.37. The third-order valence-corrected chi connectivity index (χ3v) is 5.22. The predicted molar refractivity (Wildman–Crippen MR) is 67.6 cm³/mol. The van der Waals surface area contributed by atoms with Gasteiger partial charge in [-0.05, 0) is 50.9 Å². The number of fused-ring (bicyclic) bond motifs is 2. The van der Waals surface area contributed by atoms with Crippen molar-refractivity contribution < 1.29 is 19.0 Å². The molecular weight excluding hydrogens is 244 g/mol. The highest BCUT2D eigenvalue weighted by molar-refractivity contribution is 5.72. The molecule has 2 aliphatic heterocycles. The van der Waals surface area contributed by atoms with Crippen LogP contribution in [0.2, 0.25) is 0 Å². The lowest BCUT2D eigenvalue weighted by Crippen LogP contribution is -2.25. The fraction of sp³-hybridized carbons (Fsp3) is 0.933. The molecule has 0 aromatic rings. The van der Waals surface area contributed by atoms with Crippen LogP contribution in [0.5, 0.6) is 0 Å². The average molecular weight is 266 g/mol. The predicted octanol–water partition coefficient (Wildman–Crippen LogP) is 2.05. The second kappa shape index (κ2) is 4.74. The van der Waals surface area contributed by atoms with E-state index in [4.69, 9.17) is 14.2 Å². The first-order chi connectivity index (χ1) is 9.29. The van der Waals surface area contributed by atoms with Gasteiger partial charge in [0.25, 0.3) is 0 Å². The molecule has 6 unspecified atom stereocenters. The van der Waals surface area contributed by atoms with Crippen LogP contribution in [-0.2, 0) is 19.0 Å². The summed E-state index contributed by atoms with van der Waals surface area (Å²) in [5.74, 6) is 0.788. The summed E-state index contributed by atoms with van der Waals surface area (Å²) in [7, 11) is 0. The fourth-order valence-corrected chi connectivity index (χ4v) is 3.81. The first-order valence-electron chi connectivity index (χ1n) is 7.77. The van der Waals surface area contributed by atoms with Crippen molar-refractivity contribution in [2.24, 2.45) is 11.8 Å². The lowest BCUT2D eigenvalue weighted by Gasteiger charge is -2.20. The van der Waals surface area contributed by atoms with E-state index < -0.39 is 0 Å². The highest BCUT2D eigenvalue weighted by atomic mass is 16.6. The van der Waals surface area contributed by atoms with Crippen LogP contribution in [0.1, 0.15) is 44.9 Å². The quantitative estimate of drug-likeness (QED) is 0.577. The number of ether oxygens (including phenoxy) is 3. The van der Waals surface area contributed by atoms with Gasteiger partial charge in [-0.3, -0.25) is 4.79 Å². The van der Waals surface area contributed by atoms with Crippen molar-refractivity contribution >= 4 is 5.97 Å². The van der Waals surface area contributed by atoms with Gasteiger partial charge in [0, 0.05) is 0 Å². The minimum Gasteiger partial charge on any atom is -0.465 e. The average Bonchev–Trinajstić information content (AvgIpc) is 3.31. The zero-order valence-corrected chi connectivity index (χ0v) is 11.3. The number of carbonyl (C=O) groups excluding carboxylic acids is 1. The van der Waals surface area contributed by atoms with Crippen LogP contribution in [0, 0.1) is 11.8 Å². The van der Waals surface area contributed by atoms with Crippen molar-refractivity contribution in [3.8, 4) is 0 Å². The first kappa shape index (κ1) is 12.2. The van der Waals surface area contributed by atoms with Gasteiger partial charge in [-0.2, -0.15) is 0 Å². The Labute approximate surface area is 113 Å². The molecule has 4 nitrogen and oxygen atoms in total. The molecule has 2 saturated carbocycles. The lowest BCUT2D eigenvalue weighted by atomic mass is 9.87. The van der Waals surface area contributed by atoms with Crippen LogP contribution in [-0.4, -0.2) is 37.0 Å². The van der Waals surface area contributed by atoms with Crippen molar-refractivity contribution in [2.75, 3.05) is 6.61 Å². The number of esters is 1. The zero-order chi connectivity index (χ0) is 12.8. The second-order valence-corrected chi connectivity index (χ2v) is 6.57. The standard InChI is InChI=1S/C15H22O4/c16-15(10-2-4-12-14(8-10)19-12)17-6-5-9-1-3-11-13(7-9)18-11/h9-14H,1-8H2. The molecule has 19 heavy (non-hydrogen) atoms. The third-order valence-electron chi connectivity index (χ3n) is 5.22. The molecule has 2 saturated heterocycles. The largest absolute Gasteiger partial charge is 0.465 e. The van der Waals surface area contributed by atoms with Gasteiger partial charge < -0.3 is 14.2 Å². The van der Waals surface area contributed by atoms with Gasteiger partial charge in [0.05, 0.1) is 36.9 Å². The normalized spacial score (nSPS) is 46.9. The Bertz CT molecular complexity index is 369. The lowest BCUT2D eigenvalue weighted by molar-refractivity contribution is -0.149. The number of epoxide rings is 2. The maximum Gasteiger partial charge on any atom is 0.309 e. The van der Waals surface area contributed by atoms with E-state index in [9.17, 15) is 4.79 Å². The van der Waals surface area contributed by atoms with E-state index >= 15 is 0 Å². The number of hydrogen-bond acceptors (Lipinski definition) is 4. The van der Waals surface area contributed by atoms with E-state index in [1.54, 1.807) is 0 Å². The Hall–Kier alpha value is -0.610. The van der Waals surface area contributed by atoms with Crippen LogP contribution in [0.15, 0.2) is 0 Å². The second-order valence-electron chi connectivity index (χ2n) is 6.57. The molecule has 2 aliphatic carbocycles. The molecule has 0 aromatic carbocycles. The van der Waals surface area contributed by atoms with Crippen molar-refractivity contribution in [2.45, 2.75) is 69.4 Å². The monoisotopic (exact) mass is 266 g/mol. The molecule has 4 aliphatic rings. The summed E-state index contributed by atoms with van der Waals surface area (Å²) in [5, 5.41) is 0. The van der Waals surface area contributed by atoms with Crippen LogP contribution < -0.4 is 0 Å². The Balaban J connectivity index is 1.16. The molecule has 106 valence electrons. The van der Waals surface area contributed by atoms with Crippen molar-refractivity contribution in [3.63, 3.8) is 0 Å². The van der Waals surface area contributed by atoms with Crippen molar-refractivity contribution in [1.82, 2.24) is 0 Å². The molecule has 0 amide bonds. The van der Waals surface area contributed by atoms with Crippen LogP contribution in [0.4, 0.5) is 0 Å². The maximum absolute atomic E-state index is 12.0. The molecule has 0 bridgehead atoms. The number of carbonyl (C=O) groups is 1. The van der Waals surface area contributed by atoms with E-state index in [1.165, 1.54) is 19.3 Å². The summed E-state index contributed by atoms with van der Waals surface area (Å²) >= 11 is 0. The van der Waals surface area contributed by atoms with Gasteiger partial charge >= 0.3 is 5.97 Å². The molecule has 6 atom stereocenters. The number of rotatable bonds is 4. The molecule has 0 N–H and O–H groups in total. The van der Waals surface area contributed by atoms with Gasteiger partial charge in [0.2, 0.25) is 0 Å². The fourth-order valence-electron chi connectivity index (χ4n) is 3.81. The van der Waals surface area contributed by atoms with Crippen LogP contribution in [0.25, 0.3) is 0 Å². The molecule has 0 aromatic heterocycles. The third kappa shape index (κ3) is 2.65. The van der Waals surface area contributed by atoms with Gasteiger partial charge in [0.15, 0.2) is 0 Å². The van der Waals surface area contributed by atoms with Gasteiger partial charge in [-0.25, -0.2) is 0 Å². The summed E-state index contributed by atoms with van der Waals surface area (Å²) < 4.78 is 16.4. The molecule has 4 heteroatoms. The minimum atomic E-state index is 0.00491. The Morgan fingerprint density at radius 1 is 0.947 bits per heavy atom. The minimum absolute atomic E-state index is 0.00491. The van der Waals surface area contributed by atoms with E-state index in [0.29, 0.717) is 36.9 Å². The van der Waals surface area contributed by atoms with Gasteiger partial charge in [0.1, 0.15) is 0 Å².